The van der Waals surface area contributed by atoms with Crippen LogP contribution >= 0.6 is 23.2 Å². The number of benzene rings is 1. The molecule has 3 nitrogen and oxygen atoms in total. The van der Waals surface area contributed by atoms with E-state index in [0.29, 0.717) is 23.1 Å². The smallest absolute Gasteiger partial charge is 0.250 e. The summed E-state index contributed by atoms with van der Waals surface area (Å²) in [6.07, 6.45) is 3.71. The van der Waals surface area contributed by atoms with E-state index in [-0.39, 0.29) is 12.3 Å². The zero-order chi connectivity index (χ0) is 14.4. The van der Waals surface area contributed by atoms with Gasteiger partial charge in [-0.2, -0.15) is 0 Å². The highest BCUT2D eigenvalue weighted by atomic mass is 35.5. The molecule has 0 aromatic heterocycles. The molecule has 1 aliphatic rings. The Bertz CT molecular complexity index is 481. The molecule has 0 amide bonds. The molecule has 0 saturated carbocycles. The summed E-state index contributed by atoms with van der Waals surface area (Å²) in [5.74, 6) is 0. The van der Waals surface area contributed by atoms with Crippen molar-refractivity contribution in [3.8, 4) is 0 Å². The molecule has 0 radical (unpaired) electrons. The zero-order valence-corrected chi connectivity index (χ0v) is 12.7. The molecule has 1 heterocycles. The van der Waals surface area contributed by atoms with Gasteiger partial charge in [-0.05, 0) is 37.5 Å². The summed E-state index contributed by atoms with van der Waals surface area (Å²) in [5, 5.41) is 0.986. The first kappa shape index (κ1) is 15.6. The standard InChI is InChI=1S/C15H17Cl2NO2/c1-18-14(11-5-6-12(16)13(17)10-11)7-9-20-15-4-2-3-8-19-15/h5-6,10,14-15H,2-4,7-9H2. The second-order valence-electron chi connectivity index (χ2n) is 4.77. The maximum Gasteiger partial charge on any atom is 0.250 e. The van der Waals surface area contributed by atoms with Gasteiger partial charge in [-0.25, -0.2) is 6.57 Å². The SMILES string of the molecule is [C-]#[N+]C(CCOC1CCCCO1)c1ccc(Cl)c(Cl)c1. The van der Waals surface area contributed by atoms with Crippen LogP contribution in [0.15, 0.2) is 18.2 Å². The van der Waals surface area contributed by atoms with Crippen molar-refractivity contribution < 1.29 is 9.47 Å². The van der Waals surface area contributed by atoms with Crippen LogP contribution in [0.4, 0.5) is 0 Å². The van der Waals surface area contributed by atoms with Gasteiger partial charge in [0.25, 0.3) is 6.04 Å². The Kier molecular flexibility index (Phi) is 6.12. The number of nitrogens with zero attached hydrogens (tertiary/aromatic N) is 1. The maximum absolute atomic E-state index is 7.31. The van der Waals surface area contributed by atoms with Crippen LogP contribution in [0.5, 0.6) is 0 Å². The van der Waals surface area contributed by atoms with Gasteiger partial charge in [-0.1, -0.05) is 23.2 Å². The molecular formula is C15H17Cl2NO2. The fourth-order valence-corrected chi connectivity index (χ4v) is 2.49. The number of halogens is 2. The van der Waals surface area contributed by atoms with Crippen molar-refractivity contribution in [1.82, 2.24) is 0 Å². The normalized spacial score (nSPS) is 20.4. The zero-order valence-electron chi connectivity index (χ0n) is 11.1. The summed E-state index contributed by atoms with van der Waals surface area (Å²) in [6.45, 7) is 8.59. The fourth-order valence-electron chi connectivity index (χ4n) is 2.18. The third-order valence-corrected chi connectivity index (χ3v) is 4.06. The Morgan fingerprint density at radius 3 is 2.85 bits per heavy atom. The van der Waals surface area contributed by atoms with Crippen LogP contribution < -0.4 is 0 Å². The van der Waals surface area contributed by atoms with E-state index < -0.39 is 0 Å². The minimum absolute atomic E-state index is 0.107. The van der Waals surface area contributed by atoms with E-state index in [1.807, 2.05) is 6.07 Å². The molecule has 0 N–H and O–H groups in total. The average molecular weight is 314 g/mol. The average Bonchev–Trinajstić information content (AvgIpc) is 2.48. The van der Waals surface area contributed by atoms with Crippen molar-refractivity contribution in [3.05, 3.63) is 45.2 Å². The van der Waals surface area contributed by atoms with Gasteiger partial charge in [0.15, 0.2) is 6.29 Å². The van der Waals surface area contributed by atoms with Crippen molar-refractivity contribution in [2.75, 3.05) is 13.2 Å². The van der Waals surface area contributed by atoms with E-state index in [4.69, 9.17) is 39.2 Å². The summed E-state index contributed by atoms with van der Waals surface area (Å²) in [4.78, 5) is 3.64. The van der Waals surface area contributed by atoms with Gasteiger partial charge >= 0.3 is 0 Å². The van der Waals surface area contributed by atoms with Crippen LogP contribution in [0.3, 0.4) is 0 Å². The van der Waals surface area contributed by atoms with Crippen LogP contribution in [0.2, 0.25) is 10.0 Å². The fraction of sp³-hybridized carbons (Fsp3) is 0.533. The molecule has 108 valence electrons. The van der Waals surface area contributed by atoms with Gasteiger partial charge in [0, 0.05) is 12.2 Å². The van der Waals surface area contributed by atoms with Crippen molar-refractivity contribution in [1.29, 1.82) is 0 Å². The monoisotopic (exact) mass is 313 g/mol. The van der Waals surface area contributed by atoms with Gasteiger partial charge in [0.1, 0.15) is 0 Å². The first-order valence-electron chi connectivity index (χ1n) is 6.75. The van der Waals surface area contributed by atoms with E-state index in [0.717, 1.165) is 31.4 Å². The molecule has 1 aromatic rings. The molecule has 2 unspecified atom stereocenters. The highest BCUT2D eigenvalue weighted by Gasteiger charge is 2.19. The van der Waals surface area contributed by atoms with E-state index in [9.17, 15) is 0 Å². The lowest BCUT2D eigenvalue weighted by Crippen LogP contribution is -2.23. The van der Waals surface area contributed by atoms with Crippen LogP contribution in [0, 0.1) is 6.57 Å². The lowest BCUT2D eigenvalue weighted by Gasteiger charge is -2.22. The topological polar surface area (TPSA) is 22.8 Å². The van der Waals surface area contributed by atoms with Crippen molar-refractivity contribution >= 4 is 23.2 Å². The first-order chi connectivity index (χ1) is 9.70. The minimum Gasteiger partial charge on any atom is -0.353 e. The summed E-state index contributed by atoms with van der Waals surface area (Å²) in [7, 11) is 0. The van der Waals surface area contributed by atoms with E-state index in [1.54, 1.807) is 12.1 Å². The second kappa shape index (κ2) is 7.85. The number of ether oxygens (including phenoxy) is 2. The van der Waals surface area contributed by atoms with Gasteiger partial charge < -0.3 is 14.3 Å². The molecule has 1 aliphatic heterocycles. The Hall–Kier alpha value is -0.790. The molecule has 1 fully saturated rings. The largest absolute Gasteiger partial charge is 0.353 e. The van der Waals surface area contributed by atoms with Gasteiger partial charge in [-0.3, -0.25) is 0 Å². The lowest BCUT2D eigenvalue weighted by atomic mass is 10.1. The molecule has 2 rings (SSSR count). The number of hydrogen-bond acceptors (Lipinski definition) is 2. The van der Waals surface area contributed by atoms with Crippen LogP contribution in [-0.2, 0) is 9.47 Å². The van der Waals surface area contributed by atoms with Crippen molar-refractivity contribution in [3.63, 3.8) is 0 Å². The highest BCUT2D eigenvalue weighted by molar-refractivity contribution is 6.42. The number of rotatable bonds is 5. The van der Waals surface area contributed by atoms with Crippen molar-refractivity contribution in [2.24, 2.45) is 0 Å². The highest BCUT2D eigenvalue weighted by Crippen LogP contribution is 2.29. The first-order valence-corrected chi connectivity index (χ1v) is 7.51. The maximum atomic E-state index is 7.31. The second-order valence-corrected chi connectivity index (χ2v) is 5.59. The Morgan fingerprint density at radius 2 is 2.20 bits per heavy atom. The quantitative estimate of drug-likeness (QED) is 0.722. The molecule has 1 saturated heterocycles. The van der Waals surface area contributed by atoms with E-state index >= 15 is 0 Å². The predicted molar refractivity (Wildman–Crippen MR) is 80.0 cm³/mol. The van der Waals surface area contributed by atoms with Crippen molar-refractivity contribution in [2.45, 2.75) is 38.0 Å². The molecule has 20 heavy (non-hydrogen) atoms. The van der Waals surface area contributed by atoms with Gasteiger partial charge in [-0.15, -0.1) is 0 Å². The van der Waals surface area contributed by atoms with E-state index in [2.05, 4.69) is 4.85 Å². The summed E-state index contributed by atoms with van der Waals surface area (Å²) < 4.78 is 11.2. The Morgan fingerprint density at radius 1 is 1.35 bits per heavy atom. The molecule has 2 atom stereocenters. The third kappa shape index (κ3) is 4.36. The Labute approximate surface area is 129 Å². The van der Waals surface area contributed by atoms with Crippen LogP contribution in [-0.4, -0.2) is 19.5 Å². The third-order valence-electron chi connectivity index (χ3n) is 3.32. The summed E-state index contributed by atoms with van der Waals surface area (Å²) >= 11 is 11.9. The minimum atomic E-state index is -0.256. The molecule has 5 heteroatoms. The van der Waals surface area contributed by atoms with Crippen LogP contribution in [0.25, 0.3) is 4.85 Å². The molecular weight excluding hydrogens is 297 g/mol. The molecule has 0 bridgehead atoms. The van der Waals surface area contributed by atoms with E-state index in [1.165, 1.54) is 0 Å². The van der Waals surface area contributed by atoms with Gasteiger partial charge in [0.2, 0.25) is 0 Å². The lowest BCUT2D eigenvalue weighted by molar-refractivity contribution is -0.162. The number of hydrogen-bond donors (Lipinski definition) is 0. The summed E-state index contributed by atoms with van der Waals surface area (Å²) in [5.41, 5.74) is 0.877. The van der Waals surface area contributed by atoms with Crippen LogP contribution in [0.1, 0.15) is 37.3 Å². The molecule has 1 aromatic carbocycles. The Balaban J connectivity index is 1.85. The summed E-state index contributed by atoms with van der Waals surface area (Å²) in [6, 6.07) is 5.06. The van der Waals surface area contributed by atoms with Gasteiger partial charge in [0.05, 0.1) is 23.1 Å². The molecule has 0 spiro atoms. The molecule has 0 aliphatic carbocycles. The predicted octanol–water partition coefficient (Wildman–Crippen LogP) is 4.89.